The second-order valence-electron chi connectivity index (χ2n) is 4.37. The van der Waals surface area contributed by atoms with Crippen LogP contribution < -0.4 is 9.47 Å². The van der Waals surface area contributed by atoms with Crippen LogP contribution in [0.25, 0.3) is 0 Å². The SMILES string of the molecule is O=C(O)C1(c2c(O)ccc3c2OCCO3)CC1. The van der Waals surface area contributed by atoms with E-state index in [2.05, 4.69) is 0 Å². The van der Waals surface area contributed by atoms with Gasteiger partial charge in [0.1, 0.15) is 24.4 Å². The summed E-state index contributed by atoms with van der Waals surface area (Å²) in [5.74, 6) is -0.0581. The Kier molecular flexibility index (Phi) is 1.98. The van der Waals surface area contributed by atoms with Crippen molar-refractivity contribution in [3.05, 3.63) is 17.7 Å². The molecule has 0 bridgehead atoms. The third-order valence-corrected chi connectivity index (χ3v) is 3.32. The molecule has 2 aliphatic rings. The van der Waals surface area contributed by atoms with E-state index in [9.17, 15) is 15.0 Å². The lowest BCUT2D eigenvalue weighted by molar-refractivity contribution is -0.140. The van der Waals surface area contributed by atoms with Gasteiger partial charge in [-0.2, -0.15) is 0 Å². The molecule has 1 aliphatic carbocycles. The first-order valence-corrected chi connectivity index (χ1v) is 5.50. The van der Waals surface area contributed by atoms with Crippen LogP contribution in [-0.4, -0.2) is 29.4 Å². The molecular formula is C12H12O5. The number of phenols is 1. The number of aliphatic carboxylic acids is 1. The number of fused-ring (bicyclic) bond motifs is 1. The quantitative estimate of drug-likeness (QED) is 0.808. The minimum Gasteiger partial charge on any atom is -0.507 e. The van der Waals surface area contributed by atoms with Crippen molar-refractivity contribution in [2.75, 3.05) is 13.2 Å². The highest BCUT2D eigenvalue weighted by Gasteiger charge is 2.55. The number of hydrogen-bond acceptors (Lipinski definition) is 4. The Morgan fingerprint density at radius 3 is 2.59 bits per heavy atom. The van der Waals surface area contributed by atoms with Crippen LogP contribution in [0.15, 0.2) is 12.1 Å². The average Bonchev–Trinajstić information content (AvgIpc) is 3.10. The summed E-state index contributed by atoms with van der Waals surface area (Å²) in [5, 5.41) is 19.2. The summed E-state index contributed by atoms with van der Waals surface area (Å²) in [5.41, 5.74) is -0.627. The zero-order chi connectivity index (χ0) is 12.0. The molecule has 0 amide bonds. The normalized spacial score (nSPS) is 19.8. The van der Waals surface area contributed by atoms with Gasteiger partial charge in [-0.05, 0) is 25.0 Å². The number of benzene rings is 1. The van der Waals surface area contributed by atoms with Crippen LogP contribution >= 0.6 is 0 Å². The van der Waals surface area contributed by atoms with Gasteiger partial charge in [-0.1, -0.05) is 0 Å². The van der Waals surface area contributed by atoms with Gasteiger partial charge in [-0.25, -0.2) is 0 Å². The Hall–Kier alpha value is -1.91. The lowest BCUT2D eigenvalue weighted by Gasteiger charge is -2.24. The Bertz CT molecular complexity index is 490. The van der Waals surface area contributed by atoms with E-state index in [4.69, 9.17) is 9.47 Å². The predicted molar refractivity (Wildman–Crippen MR) is 57.6 cm³/mol. The molecule has 17 heavy (non-hydrogen) atoms. The number of carbonyl (C=O) groups is 1. The van der Waals surface area contributed by atoms with E-state index in [1.165, 1.54) is 6.07 Å². The van der Waals surface area contributed by atoms with Gasteiger partial charge in [0.25, 0.3) is 0 Å². The molecule has 90 valence electrons. The second-order valence-corrected chi connectivity index (χ2v) is 4.37. The monoisotopic (exact) mass is 236 g/mol. The molecule has 0 atom stereocenters. The number of carboxylic acids is 1. The number of ether oxygens (including phenoxy) is 2. The Balaban J connectivity index is 2.18. The summed E-state index contributed by atoms with van der Waals surface area (Å²) in [6, 6.07) is 3.07. The summed E-state index contributed by atoms with van der Waals surface area (Å²) in [6.45, 7) is 0.816. The highest BCUT2D eigenvalue weighted by atomic mass is 16.6. The number of aromatic hydroxyl groups is 1. The summed E-state index contributed by atoms with van der Waals surface area (Å²) < 4.78 is 10.9. The molecule has 5 nitrogen and oxygen atoms in total. The van der Waals surface area contributed by atoms with Gasteiger partial charge in [0.15, 0.2) is 11.5 Å². The summed E-state index contributed by atoms with van der Waals surface area (Å²) in [6.07, 6.45) is 1.05. The van der Waals surface area contributed by atoms with Crippen LogP contribution in [0.5, 0.6) is 17.2 Å². The number of phenolic OH excluding ortho intramolecular Hbond substituents is 1. The highest BCUT2D eigenvalue weighted by Crippen LogP contribution is 2.57. The van der Waals surface area contributed by atoms with Crippen LogP contribution in [0.2, 0.25) is 0 Å². The molecule has 1 saturated carbocycles. The molecule has 5 heteroatoms. The Morgan fingerprint density at radius 1 is 1.24 bits per heavy atom. The lowest BCUT2D eigenvalue weighted by atomic mass is 9.93. The molecule has 1 heterocycles. The molecule has 0 aromatic heterocycles. The van der Waals surface area contributed by atoms with E-state index < -0.39 is 11.4 Å². The maximum absolute atomic E-state index is 11.3. The lowest BCUT2D eigenvalue weighted by Crippen LogP contribution is -2.24. The topological polar surface area (TPSA) is 76.0 Å². The first kappa shape index (κ1) is 10.3. The van der Waals surface area contributed by atoms with Gasteiger partial charge < -0.3 is 19.7 Å². The Labute approximate surface area is 97.6 Å². The third kappa shape index (κ3) is 1.35. The molecule has 3 rings (SSSR count). The van der Waals surface area contributed by atoms with E-state index in [0.29, 0.717) is 43.1 Å². The summed E-state index contributed by atoms with van der Waals surface area (Å²) >= 11 is 0. The van der Waals surface area contributed by atoms with Crippen molar-refractivity contribution in [2.24, 2.45) is 0 Å². The maximum Gasteiger partial charge on any atom is 0.314 e. The van der Waals surface area contributed by atoms with E-state index >= 15 is 0 Å². The minimum absolute atomic E-state index is 0.0332. The van der Waals surface area contributed by atoms with Gasteiger partial charge in [0.2, 0.25) is 0 Å². The predicted octanol–water partition coefficient (Wildman–Crippen LogP) is 1.28. The van der Waals surface area contributed by atoms with E-state index in [-0.39, 0.29) is 5.75 Å². The molecule has 0 spiro atoms. The smallest absolute Gasteiger partial charge is 0.314 e. The first-order valence-electron chi connectivity index (χ1n) is 5.50. The highest BCUT2D eigenvalue weighted by molar-refractivity contribution is 5.87. The molecule has 1 aromatic carbocycles. The second kappa shape index (κ2) is 3.29. The van der Waals surface area contributed by atoms with Crippen LogP contribution in [0.4, 0.5) is 0 Å². The van der Waals surface area contributed by atoms with Crippen LogP contribution in [0, 0.1) is 0 Å². The van der Waals surface area contributed by atoms with Crippen molar-refractivity contribution in [1.29, 1.82) is 0 Å². The van der Waals surface area contributed by atoms with Crippen molar-refractivity contribution in [3.63, 3.8) is 0 Å². The zero-order valence-corrected chi connectivity index (χ0v) is 9.10. The standard InChI is InChI=1S/C12H12O5/c13-7-1-2-8-10(17-6-5-16-8)9(7)12(3-4-12)11(14)15/h1-2,13H,3-6H2,(H,14,15). The Morgan fingerprint density at radius 2 is 1.94 bits per heavy atom. The first-order chi connectivity index (χ1) is 8.15. The molecule has 1 aromatic rings. The third-order valence-electron chi connectivity index (χ3n) is 3.32. The van der Waals surface area contributed by atoms with E-state index in [1.807, 2.05) is 0 Å². The van der Waals surface area contributed by atoms with Crippen LogP contribution in [-0.2, 0) is 10.2 Å². The van der Waals surface area contributed by atoms with Crippen molar-refractivity contribution >= 4 is 5.97 Å². The maximum atomic E-state index is 11.3. The molecule has 1 aliphatic heterocycles. The average molecular weight is 236 g/mol. The number of carboxylic acid groups (broad SMARTS) is 1. The van der Waals surface area contributed by atoms with Gasteiger partial charge >= 0.3 is 5.97 Å². The van der Waals surface area contributed by atoms with Gasteiger partial charge in [0, 0.05) is 0 Å². The van der Waals surface area contributed by atoms with Crippen molar-refractivity contribution in [1.82, 2.24) is 0 Å². The van der Waals surface area contributed by atoms with Crippen molar-refractivity contribution in [3.8, 4) is 17.2 Å². The fourth-order valence-electron chi connectivity index (χ4n) is 2.26. The molecule has 0 saturated heterocycles. The zero-order valence-electron chi connectivity index (χ0n) is 9.10. The van der Waals surface area contributed by atoms with Crippen molar-refractivity contribution in [2.45, 2.75) is 18.3 Å². The molecular weight excluding hydrogens is 224 g/mol. The van der Waals surface area contributed by atoms with E-state index in [0.717, 1.165) is 0 Å². The largest absolute Gasteiger partial charge is 0.507 e. The summed E-state index contributed by atoms with van der Waals surface area (Å²) in [7, 11) is 0. The van der Waals surface area contributed by atoms with Gasteiger partial charge in [-0.15, -0.1) is 0 Å². The van der Waals surface area contributed by atoms with Gasteiger partial charge in [-0.3, -0.25) is 4.79 Å². The molecule has 2 N–H and O–H groups in total. The molecule has 0 unspecified atom stereocenters. The van der Waals surface area contributed by atoms with Crippen LogP contribution in [0.1, 0.15) is 18.4 Å². The van der Waals surface area contributed by atoms with Gasteiger partial charge in [0.05, 0.1) is 5.56 Å². The van der Waals surface area contributed by atoms with E-state index in [1.54, 1.807) is 6.07 Å². The molecule has 1 fully saturated rings. The van der Waals surface area contributed by atoms with Crippen LogP contribution in [0.3, 0.4) is 0 Å². The van der Waals surface area contributed by atoms with Crippen molar-refractivity contribution < 1.29 is 24.5 Å². The molecule has 0 radical (unpaired) electrons. The fourth-order valence-corrected chi connectivity index (χ4v) is 2.26. The number of rotatable bonds is 2. The number of hydrogen-bond donors (Lipinski definition) is 2. The summed E-state index contributed by atoms with van der Waals surface area (Å²) in [4.78, 5) is 11.3. The minimum atomic E-state index is -0.990. The fraction of sp³-hybridized carbons (Fsp3) is 0.417.